The third-order valence-corrected chi connectivity index (χ3v) is 5.30. The molecule has 2 N–H and O–H groups in total. The number of nitrogens with one attached hydrogen (secondary N) is 1. The van der Waals surface area contributed by atoms with E-state index in [9.17, 15) is 10.4 Å². The molecular formula is C25H22N2O2. The predicted molar refractivity (Wildman–Crippen MR) is 113 cm³/mol. The molecule has 2 atom stereocenters. The van der Waals surface area contributed by atoms with Gasteiger partial charge in [0.2, 0.25) is 0 Å². The van der Waals surface area contributed by atoms with Crippen LogP contribution in [0.15, 0.2) is 89.7 Å². The average molecular weight is 382 g/mol. The SMILES string of the molecule is N#C[C@@H]1C(c2ccccc2)=C2C(=N)C=C(OCCCc3ccccc3)C=C2[C@H]1O. The summed E-state index contributed by atoms with van der Waals surface area (Å²) >= 11 is 0. The van der Waals surface area contributed by atoms with Crippen LogP contribution in [-0.2, 0) is 11.2 Å². The quantitative estimate of drug-likeness (QED) is 0.725. The van der Waals surface area contributed by atoms with Crippen molar-refractivity contribution in [2.24, 2.45) is 5.92 Å². The number of benzene rings is 2. The Hall–Kier alpha value is -3.42. The third-order valence-electron chi connectivity index (χ3n) is 5.30. The van der Waals surface area contributed by atoms with E-state index < -0.39 is 12.0 Å². The molecule has 4 rings (SSSR count). The highest BCUT2D eigenvalue weighted by molar-refractivity contribution is 6.18. The fourth-order valence-corrected chi connectivity index (χ4v) is 3.93. The van der Waals surface area contributed by atoms with Crippen LogP contribution in [-0.4, -0.2) is 23.5 Å². The van der Waals surface area contributed by atoms with Crippen LogP contribution in [0.1, 0.15) is 17.5 Å². The second-order valence-corrected chi connectivity index (χ2v) is 7.20. The molecule has 0 amide bonds. The molecule has 0 heterocycles. The molecule has 0 radical (unpaired) electrons. The van der Waals surface area contributed by atoms with Gasteiger partial charge in [-0.25, -0.2) is 0 Å². The number of nitrogens with zero attached hydrogens (tertiary/aromatic N) is 1. The molecule has 0 saturated heterocycles. The van der Waals surface area contributed by atoms with Crippen LogP contribution in [0.5, 0.6) is 0 Å². The lowest BCUT2D eigenvalue weighted by Crippen LogP contribution is -2.18. The number of aryl methyl sites for hydroxylation is 1. The van der Waals surface area contributed by atoms with E-state index in [0.29, 0.717) is 23.5 Å². The number of hydrogen-bond donors (Lipinski definition) is 2. The zero-order chi connectivity index (χ0) is 20.2. The average Bonchev–Trinajstić information content (AvgIpc) is 3.05. The van der Waals surface area contributed by atoms with Crippen molar-refractivity contribution in [2.75, 3.05) is 6.61 Å². The van der Waals surface area contributed by atoms with Gasteiger partial charge in [-0.05, 0) is 41.2 Å². The number of allylic oxidation sites excluding steroid dienone is 2. The first-order chi connectivity index (χ1) is 14.2. The van der Waals surface area contributed by atoms with Crippen molar-refractivity contribution in [3.8, 4) is 6.07 Å². The largest absolute Gasteiger partial charge is 0.493 e. The Balaban J connectivity index is 1.52. The fourth-order valence-electron chi connectivity index (χ4n) is 3.93. The lowest BCUT2D eigenvalue weighted by molar-refractivity contribution is 0.195. The first-order valence-electron chi connectivity index (χ1n) is 9.75. The predicted octanol–water partition coefficient (Wildman–Crippen LogP) is 4.45. The van der Waals surface area contributed by atoms with Crippen LogP contribution < -0.4 is 0 Å². The smallest absolute Gasteiger partial charge is 0.121 e. The molecule has 2 aromatic carbocycles. The van der Waals surface area contributed by atoms with Crippen LogP contribution in [0.25, 0.3) is 5.57 Å². The van der Waals surface area contributed by atoms with Crippen molar-refractivity contribution in [3.63, 3.8) is 0 Å². The molecule has 0 spiro atoms. The molecule has 2 aliphatic carbocycles. The van der Waals surface area contributed by atoms with E-state index in [1.807, 2.05) is 48.5 Å². The Kier molecular flexibility index (Phi) is 5.41. The lowest BCUT2D eigenvalue weighted by atomic mass is 9.92. The molecule has 4 heteroatoms. The third kappa shape index (κ3) is 3.78. The van der Waals surface area contributed by atoms with Gasteiger partial charge in [0.15, 0.2) is 0 Å². The van der Waals surface area contributed by atoms with Gasteiger partial charge < -0.3 is 15.3 Å². The normalized spacial score (nSPS) is 20.6. The highest BCUT2D eigenvalue weighted by atomic mass is 16.5. The minimum absolute atomic E-state index is 0.274. The Bertz CT molecular complexity index is 1040. The van der Waals surface area contributed by atoms with Crippen molar-refractivity contribution >= 4 is 11.3 Å². The summed E-state index contributed by atoms with van der Waals surface area (Å²) < 4.78 is 5.87. The minimum Gasteiger partial charge on any atom is -0.493 e. The summed E-state index contributed by atoms with van der Waals surface area (Å²) in [7, 11) is 0. The molecule has 0 aliphatic heterocycles. The summed E-state index contributed by atoms with van der Waals surface area (Å²) in [5.41, 5.74) is 4.36. The zero-order valence-electron chi connectivity index (χ0n) is 16.0. The second-order valence-electron chi connectivity index (χ2n) is 7.20. The van der Waals surface area contributed by atoms with Crippen molar-refractivity contribution in [2.45, 2.75) is 18.9 Å². The summed E-state index contributed by atoms with van der Waals surface area (Å²) in [5.74, 6) is -0.128. The number of hydrogen-bond acceptors (Lipinski definition) is 4. The van der Waals surface area contributed by atoms with E-state index in [4.69, 9.17) is 10.1 Å². The fraction of sp³-hybridized carbons (Fsp3) is 0.200. The number of aliphatic hydroxyl groups is 1. The Morgan fingerprint density at radius 2 is 1.69 bits per heavy atom. The van der Waals surface area contributed by atoms with E-state index in [-0.39, 0.29) is 5.71 Å². The lowest BCUT2D eigenvalue weighted by Gasteiger charge is -2.17. The summed E-state index contributed by atoms with van der Waals surface area (Å²) in [6.45, 7) is 0.528. The van der Waals surface area contributed by atoms with Crippen LogP contribution in [0.2, 0.25) is 0 Å². The van der Waals surface area contributed by atoms with E-state index in [0.717, 1.165) is 24.0 Å². The highest BCUT2D eigenvalue weighted by Gasteiger charge is 2.41. The van der Waals surface area contributed by atoms with Gasteiger partial charge in [0.05, 0.1) is 24.5 Å². The van der Waals surface area contributed by atoms with Gasteiger partial charge in [0.25, 0.3) is 0 Å². The first kappa shape index (κ1) is 18.9. The molecule has 0 unspecified atom stereocenters. The van der Waals surface area contributed by atoms with Crippen molar-refractivity contribution < 1.29 is 9.84 Å². The van der Waals surface area contributed by atoms with E-state index in [1.54, 1.807) is 12.2 Å². The Labute approximate surface area is 170 Å². The van der Waals surface area contributed by atoms with Crippen LogP contribution in [0.3, 0.4) is 0 Å². The second kappa shape index (κ2) is 8.30. The number of nitriles is 1. The molecule has 2 aliphatic rings. The molecule has 29 heavy (non-hydrogen) atoms. The van der Waals surface area contributed by atoms with E-state index in [2.05, 4.69) is 18.2 Å². The highest BCUT2D eigenvalue weighted by Crippen LogP contribution is 2.45. The molecule has 2 aromatic rings. The summed E-state index contributed by atoms with van der Waals surface area (Å²) in [4.78, 5) is 0. The molecule has 0 saturated carbocycles. The number of ether oxygens (including phenoxy) is 1. The maximum atomic E-state index is 10.8. The van der Waals surface area contributed by atoms with Gasteiger partial charge in [0.1, 0.15) is 11.7 Å². The van der Waals surface area contributed by atoms with Crippen LogP contribution in [0.4, 0.5) is 0 Å². The monoisotopic (exact) mass is 382 g/mol. The topological polar surface area (TPSA) is 77.1 Å². The summed E-state index contributed by atoms with van der Waals surface area (Å²) in [6.07, 6.45) is 4.28. The number of fused-ring (bicyclic) bond motifs is 1. The van der Waals surface area contributed by atoms with Gasteiger partial charge in [-0.3, -0.25) is 0 Å². The molecule has 0 fully saturated rings. The van der Waals surface area contributed by atoms with Gasteiger partial charge in [0, 0.05) is 11.6 Å². The number of aliphatic hydroxyl groups excluding tert-OH is 1. The summed E-state index contributed by atoms with van der Waals surface area (Å²) in [6, 6.07) is 22.0. The van der Waals surface area contributed by atoms with Crippen LogP contribution >= 0.6 is 0 Å². The maximum Gasteiger partial charge on any atom is 0.121 e. The standard InChI is InChI=1S/C25H22N2O2/c26-16-21-23(18-11-5-2-6-12-18)24-20(25(21)28)14-19(15-22(24)27)29-13-7-10-17-8-3-1-4-9-17/h1-6,8-9,11-12,14-15,21,25,27-28H,7,10,13H2/t21-,25-/m1/s1. The molecule has 4 nitrogen and oxygen atoms in total. The van der Waals surface area contributed by atoms with E-state index >= 15 is 0 Å². The van der Waals surface area contributed by atoms with Crippen molar-refractivity contribution in [1.29, 1.82) is 10.7 Å². The first-order valence-corrected chi connectivity index (χ1v) is 9.75. The van der Waals surface area contributed by atoms with Gasteiger partial charge >= 0.3 is 0 Å². The van der Waals surface area contributed by atoms with Gasteiger partial charge in [-0.2, -0.15) is 5.26 Å². The summed E-state index contributed by atoms with van der Waals surface area (Å²) in [5, 5.41) is 28.9. The zero-order valence-corrected chi connectivity index (χ0v) is 16.0. The van der Waals surface area contributed by atoms with Crippen molar-refractivity contribution in [1.82, 2.24) is 0 Å². The minimum atomic E-state index is -0.956. The Morgan fingerprint density at radius 1 is 1.00 bits per heavy atom. The molecular weight excluding hydrogens is 360 g/mol. The maximum absolute atomic E-state index is 10.8. The molecule has 0 bridgehead atoms. The van der Waals surface area contributed by atoms with Gasteiger partial charge in [-0.15, -0.1) is 0 Å². The molecule has 144 valence electrons. The molecule has 0 aromatic heterocycles. The number of rotatable bonds is 6. The van der Waals surface area contributed by atoms with E-state index in [1.165, 1.54) is 5.56 Å². The Morgan fingerprint density at radius 3 is 2.38 bits per heavy atom. The van der Waals surface area contributed by atoms with Gasteiger partial charge in [-0.1, -0.05) is 60.7 Å². The van der Waals surface area contributed by atoms with Crippen LogP contribution in [0, 0.1) is 22.7 Å². The van der Waals surface area contributed by atoms with Crippen molar-refractivity contribution in [3.05, 3.63) is 101 Å².